The zero-order chi connectivity index (χ0) is 12.9. The number of hydrogen-bond acceptors (Lipinski definition) is 2. The van der Waals surface area contributed by atoms with Crippen LogP contribution in [0.25, 0.3) is 0 Å². The minimum absolute atomic E-state index is 0.0734. The zero-order valence-corrected chi connectivity index (χ0v) is 11.8. The lowest BCUT2D eigenvalue weighted by Gasteiger charge is -2.29. The van der Waals surface area contributed by atoms with Gasteiger partial charge in [-0.15, -0.1) is 0 Å². The molecule has 0 atom stereocenters. The summed E-state index contributed by atoms with van der Waals surface area (Å²) in [6.07, 6.45) is 2.00. The molecule has 0 amide bonds. The molecule has 96 valence electrons. The molecule has 0 aliphatic carbocycles. The van der Waals surface area contributed by atoms with Crippen molar-refractivity contribution >= 4 is 24.2 Å². The number of benzene rings is 1. The number of hydrogen-bond donors (Lipinski definition) is 1. The Bertz CT molecular complexity index is 358. The molecule has 0 heterocycles. The zero-order valence-electron chi connectivity index (χ0n) is 10.2. The van der Waals surface area contributed by atoms with E-state index in [9.17, 15) is 4.39 Å². The van der Waals surface area contributed by atoms with Crippen LogP contribution >= 0.6 is 24.2 Å². The van der Waals surface area contributed by atoms with E-state index in [2.05, 4.69) is 26.5 Å². The molecule has 0 spiro atoms. The van der Waals surface area contributed by atoms with E-state index in [-0.39, 0.29) is 10.4 Å². The highest BCUT2D eigenvalue weighted by molar-refractivity contribution is 7.80. The maximum absolute atomic E-state index is 13.0. The average molecular weight is 277 g/mol. The van der Waals surface area contributed by atoms with Crippen molar-refractivity contribution in [3.63, 3.8) is 0 Å². The number of ether oxygens (including phenoxy) is 1. The van der Waals surface area contributed by atoms with Crippen molar-refractivity contribution in [3.05, 3.63) is 29.0 Å². The smallest absolute Gasteiger partial charge is 0.142 e. The fourth-order valence-corrected chi connectivity index (χ4v) is 2.24. The topological polar surface area (TPSA) is 9.23 Å². The van der Waals surface area contributed by atoms with Crippen molar-refractivity contribution in [1.29, 1.82) is 0 Å². The van der Waals surface area contributed by atoms with Gasteiger partial charge in [0.25, 0.3) is 0 Å². The molecule has 0 fully saturated rings. The van der Waals surface area contributed by atoms with Gasteiger partial charge in [0.2, 0.25) is 0 Å². The SMILES string of the molecule is CCC(CC)(CS)COc1ccc(F)c(Cl)c1. The van der Waals surface area contributed by atoms with Crippen LogP contribution in [0.2, 0.25) is 5.02 Å². The Kier molecular flexibility index (Phi) is 5.60. The summed E-state index contributed by atoms with van der Waals surface area (Å²) in [4.78, 5) is 0. The molecule has 0 aromatic heterocycles. The van der Waals surface area contributed by atoms with Crippen LogP contribution in [-0.4, -0.2) is 12.4 Å². The molecule has 0 unspecified atom stereocenters. The monoisotopic (exact) mass is 276 g/mol. The highest BCUT2D eigenvalue weighted by Gasteiger charge is 2.25. The van der Waals surface area contributed by atoms with Gasteiger partial charge in [0.15, 0.2) is 0 Å². The molecule has 0 aliphatic heterocycles. The van der Waals surface area contributed by atoms with Crippen molar-refractivity contribution in [1.82, 2.24) is 0 Å². The van der Waals surface area contributed by atoms with Gasteiger partial charge in [0.05, 0.1) is 11.6 Å². The Morgan fingerprint density at radius 1 is 1.35 bits per heavy atom. The molecule has 4 heteroatoms. The molecular formula is C13H18ClFOS. The van der Waals surface area contributed by atoms with Crippen LogP contribution in [0.3, 0.4) is 0 Å². The van der Waals surface area contributed by atoms with E-state index < -0.39 is 5.82 Å². The molecule has 0 aliphatic rings. The summed E-state index contributed by atoms with van der Waals surface area (Å²) in [5.41, 5.74) is 0.0734. The summed E-state index contributed by atoms with van der Waals surface area (Å²) in [5.74, 6) is 0.949. The Hall–Kier alpha value is -0.410. The summed E-state index contributed by atoms with van der Waals surface area (Å²) in [7, 11) is 0. The summed E-state index contributed by atoms with van der Waals surface area (Å²) < 4.78 is 18.7. The van der Waals surface area contributed by atoms with Crippen molar-refractivity contribution in [3.8, 4) is 5.75 Å². The Morgan fingerprint density at radius 3 is 2.47 bits per heavy atom. The summed E-state index contributed by atoms with van der Waals surface area (Å²) >= 11 is 10.1. The van der Waals surface area contributed by atoms with Crippen LogP contribution in [0.1, 0.15) is 26.7 Å². The first kappa shape index (κ1) is 14.7. The van der Waals surface area contributed by atoms with Gasteiger partial charge in [0, 0.05) is 11.5 Å². The third kappa shape index (κ3) is 3.78. The minimum Gasteiger partial charge on any atom is -0.493 e. The second-order valence-electron chi connectivity index (χ2n) is 4.23. The molecular weight excluding hydrogens is 259 g/mol. The quantitative estimate of drug-likeness (QED) is 0.748. The van der Waals surface area contributed by atoms with E-state index in [1.807, 2.05) is 0 Å². The predicted molar refractivity (Wildman–Crippen MR) is 73.8 cm³/mol. The van der Waals surface area contributed by atoms with E-state index >= 15 is 0 Å². The maximum Gasteiger partial charge on any atom is 0.142 e. The minimum atomic E-state index is -0.426. The molecule has 1 rings (SSSR count). The van der Waals surface area contributed by atoms with Crippen LogP contribution in [-0.2, 0) is 0 Å². The molecule has 1 aromatic carbocycles. The van der Waals surface area contributed by atoms with Crippen molar-refractivity contribution in [2.75, 3.05) is 12.4 Å². The molecule has 0 saturated carbocycles. The van der Waals surface area contributed by atoms with Crippen molar-refractivity contribution in [2.45, 2.75) is 26.7 Å². The standard InChI is InChI=1S/C13H18ClFOS/c1-3-13(4-2,9-17)8-16-10-5-6-12(15)11(14)7-10/h5-7,17H,3-4,8-9H2,1-2H3. The first-order chi connectivity index (χ1) is 8.06. The van der Waals surface area contributed by atoms with Gasteiger partial charge in [-0.2, -0.15) is 12.6 Å². The Balaban J connectivity index is 2.68. The van der Waals surface area contributed by atoms with Crippen LogP contribution < -0.4 is 4.74 Å². The Labute approximate surface area is 113 Å². The van der Waals surface area contributed by atoms with Gasteiger partial charge >= 0.3 is 0 Å². The molecule has 0 bridgehead atoms. The van der Waals surface area contributed by atoms with E-state index in [0.29, 0.717) is 12.4 Å². The molecule has 0 N–H and O–H groups in total. The van der Waals surface area contributed by atoms with Crippen molar-refractivity contribution in [2.24, 2.45) is 5.41 Å². The number of thiol groups is 1. The summed E-state index contributed by atoms with van der Waals surface area (Å²) in [5, 5.41) is 0.0898. The maximum atomic E-state index is 13.0. The highest BCUT2D eigenvalue weighted by Crippen LogP contribution is 2.30. The van der Waals surface area contributed by atoms with Crippen LogP contribution in [0.15, 0.2) is 18.2 Å². The first-order valence-corrected chi connectivity index (χ1v) is 6.76. The van der Waals surface area contributed by atoms with Gasteiger partial charge in [-0.05, 0) is 30.7 Å². The van der Waals surface area contributed by atoms with E-state index in [0.717, 1.165) is 18.6 Å². The third-order valence-corrected chi connectivity index (χ3v) is 4.23. The molecule has 1 aromatic rings. The Morgan fingerprint density at radius 2 is 2.00 bits per heavy atom. The second kappa shape index (κ2) is 6.50. The summed E-state index contributed by atoms with van der Waals surface area (Å²) in [6.45, 7) is 4.83. The fourth-order valence-electron chi connectivity index (χ4n) is 1.53. The van der Waals surface area contributed by atoms with Gasteiger partial charge in [-0.25, -0.2) is 4.39 Å². The van der Waals surface area contributed by atoms with Crippen LogP contribution in [0.5, 0.6) is 5.75 Å². The highest BCUT2D eigenvalue weighted by atomic mass is 35.5. The number of rotatable bonds is 6. The van der Waals surface area contributed by atoms with Crippen molar-refractivity contribution < 1.29 is 9.13 Å². The molecule has 17 heavy (non-hydrogen) atoms. The summed E-state index contributed by atoms with van der Waals surface area (Å²) in [6, 6.07) is 4.42. The molecule has 1 nitrogen and oxygen atoms in total. The van der Waals surface area contributed by atoms with Crippen LogP contribution in [0, 0.1) is 11.2 Å². The van der Waals surface area contributed by atoms with Crippen LogP contribution in [0.4, 0.5) is 4.39 Å². The van der Waals surface area contributed by atoms with Gasteiger partial charge in [-0.1, -0.05) is 25.4 Å². The molecule has 0 saturated heterocycles. The lowest BCUT2D eigenvalue weighted by atomic mass is 9.85. The largest absolute Gasteiger partial charge is 0.493 e. The lowest BCUT2D eigenvalue weighted by molar-refractivity contribution is 0.157. The fraction of sp³-hybridized carbons (Fsp3) is 0.538. The van der Waals surface area contributed by atoms with Gasteiger partial charge in [-0.3, -0.25) is 0 Å². The number of halogens is 2. The van der Waals surface area contributed by atoms with Gasteiger partial charge in [0.1, 0.15) is 11.6 Å². The van der Waals surface area contributed by atoms with Gasteiger partial charge < -0.3 is 4.74 Å². The third-order valence-electron chi connectivity index (χ3n) is 3.27. The normalized spacial score (nSPS) is 11.6. The second-order valence-corrected chi connectivity index (χ2v) is 4.95. The van der Waals surface area contributed by atoms with E-state index in [4.69, 9.17) is 16.3 Å². The predicted octanol–water partition coefficient (Wildman–Crippen LogP) is 4.59. The first-order valence-electron chi connectivity index (χ1n) is 5.75. The molecule has 0 radical (unpaired) electrons. The lowest BCUT2D eigenvalue weighted by Crippen LogP contribution is -2.29. The van der Waals surface area contributed by atoms with E-state index in [1.165, 1.54) is 12.1 Å². The van der Waals surface area contributed by atoms with E-state index in [1.54, 1.807) is 6.07 Å². The average Bonchev–Trinajstić information content (AvgIpc) is 2.36.